The lowest BCUT2D eigenvalue weighted by atomic mass is 9.95. The highest BCUT2D eigenvalue weighted by Gasteiger charge is 2.33. The van der Waals surface area contributed by atoms with Crippen molar-refractivity contribution in [2.75, 3.05) is 10.8 Å². The Balaban J connectivity index is 1.69. The van der Waals surface area contributed by atoms with E-state index in [1.807, 2.05) is 13.0 Å². The summed E-state index contributed by atoms with van der Waals surface area (Å²) in [7, 11) is -4.18. The Labute approximate surface area is 262 Å². The number of benzene rings is 3. The van der Waals surface area contributed by atoms with Gasteiger partial charge in [0.15, 0.2) is 0 Å². The van der Waals surface area contributed by atoms with E-state index in [9.17, 15) is 18.0 Å². The minimum atomic E-state index is -4.18. The van der Waals surface area contributed by atoms with Crippen LogP contribution in [0.25, 0.3) is 0 Å². The number of sulfonamides is 1. The van der Waals surface area contributed by atoms with Crippen LogP contribution >= 0.6 is 34.8 Å². The molecule has 1 aliphatic rings. The number of carbonyl (C=O) groups excluding carboxylic acids is 2. The lowest BCUT2D eigenvalue weighted by Crippen LogP contribution is -2.53. The number of carbonyl (C=O) groups is 2. The average Bonchev–Trinajstić information content (AvgIpc) is 2.96. The molecule has 0 spiro atoms. The second-order valence-corrected chi connectivity index (χ2v) is 13.7. The van der Waals surface area contributed by atoms with Crippen LogP contribution in [-0.4, -0.2) is 43.8 Å². The molecule has 11 heteroatoms. The molecule has 0 unspecified atom stereocenters. The van der Waals surface area contributed by atoms with Crippen LogP contribution in [0.3, 0.4) is 0 Å². The molecule has 1 saturated carbocycles. The molecule has 1 N–H and O–H groups in total. The number of hydrogen-bond donors (Lipinski definition) is 1. The van der Waals surface area contributed by atoms with E-state index >= 15 is 0 Å². The first-order valence-electron chi connectivity index (χ1n) is 13.8. The number of hydrogen-bond acceptors (Lipinski definition) is 4. The zero-order valence-corrected chi connectivity index (χ0v) is 26.6. The number of amides is 2. The Hall–Kier alpha value is -2.78. The smallest absolute Gasteiger partial charge is 0.264 e. The summed E-state index contributed by atoms with van der Waals surface area (Å²) in [4.78, 5) is 28.9. The van der Waals surface area contributed by atoms with Gasteiger partial charge in [-0.05, 0) is 86.3 Å². The van der Waals surface area contributed by atoms with Crippen molar-refractivity contribution in [1.82, 2.24) is 10.2 Å². The largest absolute Gasteiger partial charge is 0.352 e. The fraction of sp³-hybridized carbons (Fsp3) is 0.355. The molecule has 0 heterocycles. The van der Waals surface area contributed by atoms with Gasteiger partial charge in [-0.3, -0.25) is 13.9 Å². The van der Waals surface area contributed by atoms with Gasteiger partial charge in [0.25, 0.3) is 10.0 Å². The molecule has 1 fully saturated rings. The van der Waals surface area contributed by atoms with E-state index < -0.39 is 28.5 Å². The van der Waals surface area contributed by atoms with Gasteiger partial charge in [-0.15, -0.1) is 0 Å². The van der Waals surface area contributed by atoms with Crippen molar-refractivity contribution < 1.29 is 18.0 Å². The van der Waals surface area contributed by atoms with Gasteiger partial charge < -0.3 is 10.2 Å². The number of nitrogens with zero attached hydrogens (tertiary/aromatic N) is 2. The topological polar surface area (TPSA) is 86.8 Å². The molecular formula is C31H34Cl3N3O4S. The Kier molecular flexibility index (Phi) is 10.8. The molecule has 0 aliphatic heterocycles. The fourth-order valence-electron chi connectivity index (χ4n) is 5.03. The first-order chi connectivity index (χ1) is 20.0. The fourth-order valence-corrected chi connectivity index (χ4v) is 6.88. The number of rotatable bonds is 10. The third-order valence-electron chi connectivity index (χ3n) is 7.43. The molecule has 0 aromatic heterocycles. The zero-order valence-electron chi connectivity index (χ0n) is 23.5. The highest BCUT2D eigenvalue weighted by Crippen LogP contribution is 2.28. The minimum Gasteiger partial charge on any atom is -0.352 e. The van der Waals surface area contributed by atoms with E-state index in [1.54, 1.807) is 43.3 Å². The molecule has 0 radical (unpaired) electrons. The molecule has 4 rings (SSSR count). The number of halogens is 3. The van der Waals surface area contributed by atoms with E-state index in [-0.39, 0.29) is 23.4 Å². The van der Waals surface area contributed by atoms with Crippen LogP contribution in [0.1, 0.15) is 50.2 Å². The highest BCUT2D eigenvalue weighted by molar-refractivity contribution is 7.92. The van der Waals surface area contributed by atoms with Crippen LogP contribution in [-0.2, 0) is 26.2 Å². The molecule has 0 saturated heterocycles. The van der Waals surface area contributed by atoms with Gasteiger partial charge in [-0.1, -0.05) is 72.3 Å². The molecule has 3 aromatic rings. The Morgan fingerprint density at radius 1 is 0.929 bits per heavy atom. The van der Waals surface area contributed by atoms with Gasteiger partial charge in [-0.2, -0.15) is 0 Å². The van der Waals surface area contributed by atoms with Gasteiger partial charge in [0.2, 0.25) is 11.8 Å². The Morgan fingerprint density at radius 2 is 1.62 bits per heavy atom. The van der Waals surface area contributed by atoms with E-state index in [0.29, 0.717) is 26.3 Å². The lowest BCUT2D eigenvalue weighted by Gasteiger charge is -2.33. The van der Waals surface area contributed by atoms with Gasteiger partial charge in [-0.25, -0.2) is 8.42 Å². The van der Waals surface area contributed by atoms with Crippen LogP contribution in [0.2, 0.25) is 15.1 Å². The summed E-state index contributed by atoms with van der Waals surface area (Å²) in [6, 6.07) is 16.8. The Morgan fingerprint density at radius 3 is 2.26 bits per heavy atom. The summed E-state index contributed by atoms with van der Waals surface area (Å²) < 4.78 is 28.9. The van der Waals surface area contributed by atoms with Crippen LogP contribution < -0.4 is 9.62 Å². The predicted octanol–water partition coefficient (Wildman–Crippen LogP) is 7.02. The van der Waals surface area contributed by atoms with Gasteiger partial charge in [0.1, 0.15) is 12.6 Å². The molecule has 2 amide bonds. The Bertz CT molecular complexity index is 1530. The van der Waals surface area contributed by atoms with Crippen LogP contribution in [0.5, 0.6) is 0 Å². The van der Waals surface area contributed by atoms with Gasteiger partial charge in [0, 0.05) is 17.6 Å². The van der Waals surface area contributed by atoms with Crippen molar-refractivity contribution in [3.63, 3.8) is 0 Å². The van der Waals surface area contributed by atoms with Crippen molar-refractivity contribution >= 4 is 62.3 Å². The SMILES string of the molecule is Cc1cccc(N(CC(=O)N(Cc2ccc(Cl)c(Cl)c2)[C@H](C)C(=O)NC2CCCCC2)S(=O)(=O)c2ccc(Cl)cc2)c1. The highest BCUT2D eigenvalue weighted by atomic mass is 35.5. The quantitative estimate of drug-likeness (QED) is 0.256. The van der Waals surface area contributed by atoms with Crippen LogP contribution in [0, 0.1) is 6.92 Å². The number of nitrogens with one attached hydrogen (secondary N) is 1. The summed E-state index contributed by atoms with van der Waals surface area (Å²) in [5.41, 5.74) is 1.80. The van der Waals surface area contributed by atoms with Crippen molar-refractivity contribution in [2.45, 2.75) is 69.5 Å². The summed E-state index contributed by atoms with van der Waals surface area (Å²) >= 11 is 18.4. The lowest BCUT2D eigenvalue weighted by molar-refractivity contribution is -0.139. The van der Waals surface area contributed by atoms with Crippen LogP contribution in [0.15, 0.2) is 71.6 Å². The molecular weight excluding hydrogens is 617 g/mol. The van der Waals surface area contributed by atoms with Crippen LogP contribution in [0.4, 0.5) is 5.69 Å². The van der Waals surface area contributed by atoms with Crippen molar-refractivity contribution in [3.8, 4) is 0 Å². The maximum Gasteiger partial charge on any atom is 0.264 e. The third kappa shape index (κ3) is 7.98. The van der Waals surface area contributed by atoms with Crippen molar-refractivity contribution in [1.29, 1.82) is 0 Å². The van der Waals surface area contributed by atoms with Crippen molar-refractivity contribution in [2.24, 2.45) is 0 Å². The maximum atomic E-state index is 14.1. The average molecular weight is 651 g/mol. The van der Waals surface area contributed by atoms with E-state index in [0.717, 1.165) is 42.0 Å². The normalized spacial score (nSPS) is 14.7. The second kappa shape index (κ2) is 14.1. The summed E-state index contributed by atoms with van der Waals surface area (Å²) in [5.74, 6) is -0.843. The first-order valence-corrected chi connectivity index (χ1v) is 16.4. The van der Waals surface area contributed by atoms with Crippen molar-refractivity contribution in [3.05, 3.63) is 92.9 Å². The molecule has 1 atom stereocenters. The molecule has 3 aromatic carbocycles. The molecule has 0 bridgehead atoms. The summed E-state index contributed by atoms with van der Waals surface area (Å²) in [6.07, 6.45) is 5.00. The zero-order chi connectivity index (χ0) is 30.4. The van der Waals surface area contributed by atoms with E-state index in [1.165, 1.54) is 29.2 Å². The molecule has 1 aliphatic carbocycles. The minimum absolute atomic E-state index is 0.0136. The standard InChI is InChI=1S/C31H34Cl3N3O4S/c1-21-7-6-10-26(17-21)37(42(40,41)27-14-12-24(32)13-15-27)20-30(38)36(19-23-11-16-28(33)29(34)18-23)22(2)31(39)35-25-8-4-3-5-9-25/h6-7,10-18,22,25H,3-5,8-9,19-20H2,1-2H3,(H,35,39)/t22-/m1/s1. The number of aryl methyl sites for hydroxylation is 1. The molecule has 7 nitrogen and oxygen atoms in total. The monoisotopic (exact) mass is 649 g/mol. The van der Waals surface area contributed by atoms with E-state index in [4.69, 9.17) is 34.8 Å². The maximum absolute atomic E-state index is 14.1. The summed E-state index contributed by atoms with van der Waals surface area (Å²) in [5, 5.41) is 4.15. The van der Waals surface area contributed by atoms with Gasteiger partial charge >= 0.3 is 0 Å². The molecule has 42 heavy (non-hydrogen) atoms. The van der Waals surface area contributed by atoms with E-state index in [2.05, 4.69) is 5.32 Å². The number of anilines is 1. The van der Waals surface area contributed by atoms with Gasteiger partial charge in [0.05, 0.1) is 20.6 Å². The summed E-state index contributed by atoms with van der Waals surface area (Å²) in [6.45, 7) is 2.99. The predicted molar refractivity (Wildman–Crippen MR) is 169 cm³/mol. The second-order valence-electron chi connectivity index (χ2n) is 10.6. The third-order valence-corrected chi connectivity index (χ3v) is 10.2. The molecule has 224 valence electrons. The first kappa shape index (κ1) is 32.1.